The van der Waals surface area contributed by atoms with Crippen molar-refractivity contribution in [3.05, 3.63) is 109 Å². The Kier molecular flexibility index (Phi) is 6.83. The number of benzene rings is 2. The summed E-state index contributed by atoms with van der Waals surface area (Å²) in [7, 11) is 0. The largest absolute Gasteiger partial charge is 0.271 e. The summed E-state index contributed by atoms with van der Waals surface area (Å²) in [6.07, 6.45) is 0.448. The van der Waals surface area contributed by atoms with Crippen LogP contribution in [0, 0.1) is 33.5 Å². The van der Waals surface area contributed by atoms with Gasteiger partial charge in [0.25, 0.3) is 11.5 Å². The van der Waals surface area contributed by atoms with Crippen LogP contribution in [0.15, 0.2) is 69.0 Å². The van der Waals surface area contributed by atoms with Gasteiger partial charge in [-0.15, -0.1) is 0 Å². The third kappa shape index (κ3) is 4.83. The van der Waals surface area contributed by atoms with Crippen molar-refractivity contribution >= 4 is 27.5 Å². The van der Waals surface area contributed by atoms with E-state index >= 15 is 0 Å². The average Bonchev–Trinajstić information content (AvgIpc) is 3.48. The summed E-state index contributed by atoms with van der Waals surface area (Å²) in [6.45, 7) is 6.90. The van der Waals surface area contributed by atoms with Gasteiger partial charge in [0.05, 0.1) is 17.4 Å². The molecule has 8 nitrogen and oxygen atoms in total. The minimum absolute atomic E-state index is 0.270. The Morgan fingerprint density at radius 2 is 1.74 bits per heavy atom. The molecule has 1 unspecified atom stereocenters. The number of hydrazone groups is 1. The van der Waals surface area contributed by atoms with Crippen molar-refractivity contribution < 1.29 is 9.18 Å². The number of nitrogens with zero attached hydrogens (tertiary/aromatic N) is 6. The standard InChI is InChI=1S/C28H26BrFN6O2/c1-16-13-17(2)35(32-16)28-31-19(4)18(3)27(38)34(28)15-26(37)36-25(21-7-11-23(30)12-8-21)14-24(33-36)20-5-9-22(29)10-6-20/h5-13,25H,14-15H2,1-4H3. The molecule has 194 valence electrons. The molecule has 0 aliphatic carbocycles. The van der Waals surface area contributed by atoms with Gasteiger partial charge in [0.2, 0.25) is 5.95 Å². The Balaban J connectivity index is 1.57. The van der Waals surface area contributed by atoms with E-state index in [-0.39, 0.29) is 29.8 Å². The summed E-state index contributed by atoms with van der Waals surface area (Å²) in [5, 5.41) is 10.6. The van der Waals surface area contributed by atoms with E-state index in [4.69, 9.17) is 5.10 Å². The highest BCUT2D eigenvalue weighted by Crippen LogP contribution is 2.33. The molecule has 2 aromatic heterocycles. The zero-order valence-electron chi connectivity index (χ0n) is 21.4. The molecule has 0 bridgehead atoms. The quantitative estimate of drug-likeness (QED) is 0.336. The zero-order chi connectivity index (χ0) is 27.1. The lowest BCUT2D eigenvalue weighted by atomic mass is 9.98. The predicted octanol–water partition coefficient (Wildman–Crippen LogP) is 4.94. The van der Waals surface area contributed by atoms with Crippen molar-refractivity contribution in [3.8, 4) is 5.95 Å². The van der Waals surface area contributed by atoms with E-state index in [1.54, 1.807) is 30.7 Å². The molecule has 0 spiro atoms. The second-order valence-electron chi connectivity index (χ2n) is 9.42. The van der Waals surface area contributed by atoms with Crippen molar-refractivity contribution in [2.24, 2.45) is 5.10 Å². The van der Waals surface area contributed by atoms with Crippen LogP contribution in [0.4, 0.5) is 4.39 Å². The maximum Gasteiger partial charge on any atom is 0.263 e. The number of carbonyl (C=O) groups is 1. The maximum absolute atomic E-state index is 13.8. The third-order valence-electron chi connectivity index (χ3n) is 6.71. The number of hydrogen-bond acceptors (Lipinski definition) is 5. The molecule has 1 amide bonds. The summed E-state index contributed by atoms with van der Waals surface area (Å²) in [5.74, 6) is -0.478. The van der Waals surface area contributed by atoms with Gasteiger partial charge in [-0.1, -0.05) is 40.2 Å². The number of amides is 1. The number of aryl methyl sites for hydroxylation is 3. The molecule has 5 rings (SSSR count). The Labute approximate surface area is 227 Å². The molecule has 1 aliphatic heterocycles. The molecular weight excluding hydrogens is 551 g/mol. The van der Waals surface area contributed by atoms with E-state index in [0.29, 0.717) is 17.7 Å². The first-order valence-electron chi connectivity index (χ1n) is 12.1. The van der Waals surface area contributed by atoms with Crippen LogP contribution in [0.5, 0.6) is 0 Å². The molecule has 0 saturated carbocycles. The van der Waals surface area contributed by atoms with Gasteiger partial charge >= 0.3 is 0 Å². The van der Waals surface area contributed by atoms with Crippen LogP contribution in [0.25, 0.3) is 5.95 Å². The highest BCUT2D eigenvalue weighted by molar-refractivity contribution is 9.10. The number of hydrogen-bond donors (Lipinski definition) is 0. The molecule has 10 heteroatoms. The second kappa shape index (κ2) is 10.1. The number of carbonyl (C=O) groups excluding carboxylic acids is 1. The van der Waals surface area contributed by atoms with Gasteiger partial charge < -0.3 is 0 Å². The first-order chi connectivity index (χ1) is 18.1. The Bertz CT molecular complexity index is 1620. The smallest absolute Gasteiger partial charge is 0.263 e. The van der Waals surface area contributed by atoms with Crippen LogP contribution in [-0.2, 0) is 11.3 Å². The lowest BCUT2D eigenvalue weighted by Crippen LogP contribution is -2.37. The fraction of sp³-hybridized carbons (Fsp3) is 0.250. The van der Waals surface area contributed by atoms with Crippen LogP contribution in [-0.4, -0.2) is 36.0 Å². The molecule has 3 heterocycles. The van der Waals surface area contributed by atoms with Crippen molar-refractivity contribution in [2.45, 2.75) is 46.7 Å². The number of aromatic nitrogens is 4. The second-order valence-corrected chi connectivity index (χ2v) is 10.3. The van der Waals surface area contributed by atoms with Crippen LogP contribution in [0.3, 0.4) is 0 Å². The lowest BCUT2D eigenvalue weighted by Gasteiger charge is -2.23. The molecule has 1 atom stereocenters. The van der Waals surface area contributed by atoms with E-state index in [1.807, 2.05) is 44.2 Å². The van der Waals surface area contributed by atoms with E-state index in [9.17, 15) is 14.0 Å². The molecule has 0 radical (unpaired) electrons. The molecule has 0 fully saturated rings. The van der Waals surface area contributed by atoms with E-state index in [1.165, 1.54) is 21.7 Å². The van der Waals surface area contributed by atoms with Crippen LogP contribution < -0.4 is 5.56 Å². The van der Waals surface area contributed by atoms with Gasteiger partial charge in [-0.05, 0) is 69.2 Å². The Hall–Kier alpha value is -3.92. The number of rotatable bonds is 5. The van der Waals surface area contributed by atoms with E-state index in [2.05, 4.69) is 26.0 Å². The lowest BCUT2D eigenvalue weighted by molar-refractivity contribution is -0.133. The van der Waals surface area contributed by atoms with Gasteiger partial charge in [-0.25, -0.2) is 19.1 Å². The van der Waals surface area contributed by atoms with Gasteiger partial charge in [-0.2, -0.15) is 10.2 Å². The van der Waals surface area contributed by atoms with Crippen molar-refractivity contribution in [2.75, 3.05) is 0 Å². The predicted molar refractivity (Wildman–Crippen MR) is 146 cm³/mol. The molecular formula is C28H26BrFN6O2. The molecule has 0 saturated heterocycles. The SMILES string of the molecule is Cc1cc(C)n(-c2nc(C)c(C)c(=O)n2CC(=O)N2N=C(c3ccc(Br)cc3)CC2c2ccc(F)cc2)n1. The number of halogens is 2. The molecule has 38 heavy (non-hydrogen) atoms. The first kappa shape index (κ1) is 25.7. The summed E-state index contributed by atoms with van der Waals surface area (Å²) < 4.78 is 17.5. The van der Waals surface area contributed by atoms with Gasteiger partial charge in [0, 0.05) is 27.8 Å². The van der Waals surface area contributed by atoms with Gasteiger partial charge in [-0.3, -0.25) is 14.2 Å². The van der Waals surface area contributed by atoms with E-state index < -0.39 is 6.04 Å². The first-order valence-corrected chi connectivity index (χ1v) is 12.9. The van der Waals surface area contributed by atoms with Crippen molar-refractivity contribution in [1.82, 2.24) is 24.3 Å². The maximum atomic E-state index is 13.8. The highest BCUT2D eigenvalue weighted by Gasteiger charge is 2.34. The summed E-state index contributed by atoms with van der Waals surface area (Å²) in [4.78, 5) is 31.9. The molecule has 1 aliphatic rings. The Morgan fingerprint density at radius 3 is 2.37 bits per heavy atom. The zero-order valence-corrected chi connectivity index (χ0v) is 23.0. The molecule has 0 N–H and O–H groups in total. The molecule has 2 aromatic carbocycles. The average molecular weight is 577 g/mol. The van der Waals surface area contributed by atoms with Crippen LogP contribution in [0.1, 0.15) is 46.2 Å². The monoisotopic (exact) mass is 576 g/mol. The van der Waals surface area contributed by atoms with Gasteiger partial charge in [0.1, 0.15) is 12.4 Å². The van der Waals surface area contributed by atoms with E-state index in [0.717, 1.165) is 32.7 Å². The summed E-state index contributed by atoms with van der Waals surface area (Å²) >= 11 is 3.45. The van der Waals surface area contributed by atoms with Crippen LogP contribution >= 0.6 is 15.9 Å². The third-order valence-corrected chi connectivity index (χ3v) is 7.24. The Morgan fingerprint density at radius 1 is 1.05 bits per heavy atom. The fourth-order valence-electron chi connectivity index (χ4n) is 4.59. The summed E-state index contributed by atoms with van der Waals surface area (Å²) in [6, 6.07) is 15.2. The topological polar surface area (TPSA) is 85.4 Å². The van der Waals surface area contributed by atoms with Crippen molar-refractivity contribution in [1.29, 1.82) is 0 Å². The summed E-state index contributed by atoms with van der Waals surface area (Å²) in [5.41, 5.74) is 4.63. The highest BCUT2D eigenvalue weighted by atomic mass is 79.9. The minimum atomic E-state index is -0.450. The normalized spacial score (nSPS) is 15.2. The van der Waals surface area contributed by atoms with Crippen molar-refractivity contribution in [3.63, 3.8) is 0 Å². The minimum Gasteiger partial charge on any atom is -0.271 e. The fourth-order valence-corrected chi connectivity index (χ4v) is 4.85. The molecule has 4 aromatic rings. The van der Waals surface area contributed by atoms with Gasteiger partial charge in [0.15, 0.2) is 0 Å². The van der Waals surface area contributed by atoms with Crippen LogP contribution in [0.2, 0.25) is 0 Å².